The zero-order valence-electron chi connectivity index (χ0n) is 11.5. The van der Waals surface area contributed by atoms with E-state index >= 15 is 0 Å². The Kier molecular flexibility index (Phi) is 4.61. The molecule has 0 aliphatic carbocycles. The van der Waals surface area contributed by atoms with Crippen LogP contribution in [0.1, 0.15) is 31.2 Å². The highest BCUT2D eigenvalue weighted by Crippen LogP contribution is 2.36. The van der Waals surface area contributed by atoms with E-state index in [9.17, 15) is 0 Å². The van der Waals surface area contributed by atoms with Crippen LogP contribution in [0, 0.1) is 0 Å². The Morgan fingerprint density at radius 2 is 2.22 bits per heavy atom. The van der Waals surface area contributed by atoms with E-state index in [1.807, 2.05) is 13.1 Å². The number of benzene rings is 1. The maximum Gasteiger partial charge on any atom is 0.122 e. The highest BCUT2D eigenvalue weighted by Gasteiger charge is 2.26. The molecule has 0 fully saturated rings. The molecule has 3 heteroatoms. The first kappa shape index (κ1) is 13.4. The summed E-state index contributed by atoms with van der Waals surface area (Å²) in [5, 5.41) is 3.37. The van der Waals surface area contributed by atoms with Crippen molar-refractivity contribution in [3.8, 4) is 5.75 Å². The molecule has 0 saturated heterocycles. The van der Waals surface area contributed by atoms with E-state index in [2.05, 4.69) is 30.4 Å². The summed E-state index contributed by atoms with van der Waals surface area (Å²) < 4.78 is 11.1. The van der Waals surface area contributed by atoms with E-state index in [1.165, 1.54) is 5.56 Å². The van der Waals surface area contributed by atoms with Gasteiger partial charge in [0.05, 0.1) is 12.7 Å². The largest absolute Gasteiger partial charge is 0.493 e. The van der Waals surface area contributed by atoms with Gasteiger partial charge in [0, 0.05) is 13.2 Å². The average molecular weight is 249 g/mol. The van der Waals surface area contributed by atoms with Crippen LogP contribution in [0.2, 0.25) is 0 Å². The van der Waals surface area contributed by atoms with Crippen molar-refractivity contribution in [2.24, 2.45) is 0 Å². The molecule has 0 aromatic heterocycles. The van der Waals surface area contributed by atoms with Gasteiger partial charge in [0.15, 0.2) is 0 Å². The predicted molar refractivity (Wildman–Crippen MR) is 73.2 cm³/mol. The molecule has 1 heterocycles. The molecular weight excluding hydrogens is 226 g/mol. The summed E-state index contributed by atoms with van der Waals surface area (Å²) in [7, 11) is 3.78. The standard InChI is InChI=1S/C15H23NO2/c1-11(17-3)14(16-2)10-12-8-9-18-15-7-5-4-6-13(12)15/h4-7,11-12,14,16H,8-10H2,1-3H3. The molecule has 1 aliphatic rings. The van der Waals surface area contributed by atoms with Gasteiger partial charge in [-0.05, 0) is 44.4 Å². The average Bonchev–Trinajstić information content (AvgIpc) is 2.44. The quantitative estimate of drug-likeness (QED) is 0.870. The third kappa shape index (κ3) is 2.85. The number of methoxy groups -OCH3 is 1. The van der Waals surface area contributed by atoms with Crippen molar-refractivity contribution >= 4 is 0 Å². The molecule has 0 saturated carbocycles. The molecule has 0 spiro atoms. The fourth-order valence-electron chi connectivity index (χ4n) is 2.68. The van der Waals surface area contributed by atoms with Crippen LogP contribution in [0.4, 0.5) is 0 Å². The van der Waals surface area contributed by atoms with Crippen LogP contribution in [0.15, 0.2) is 24.3 Å². The molecule has 1 aliphatic heterocycles. The number of hydrogen-bond acceptors (Lipinski definition) is 3. The number of hydrogen-bond donors (Lipinski definition) is 1. The summed E-state index contributed by atoms with van der Waals surface area (Å²) in [6.07, 6.45) is 2.40. The van der Waals surface area contributed by atoms with E-state index < -0.39 is 0 Å². The summed E-state index contributed by atoms with van der Waals surface area (Å²) >= 11 is 0. The van der Waals surface area contributed by atoms with Gasteiger partial charge in [-0.3, -0.25) is 0 Å². The highest BCUT2D eigenvalue weighted by molar-refractivity contribution is 5.37. The first-order chi connectivity index (χ1) is 8.76. The van der Waals surface area contributed by atoms with Gasteiger partial charge in [0.1, 0.15) is 5.75 Å². The molecule has 18 heavy (non-hydrogen) atoms. The molecule has 1 N–H and O–H groups in total. The monoisotopic (exact) mass is 249 g/mol. The number of rotatable bonds is 5. The van der Waals surface area contributed by atoms with Gasteiger partial charge in [-0.25, -0.2) is 0 Å². The fraction of sp³-hybridized carbons (Fsp3) is 0.600. The van der Waals surface area contributed by atoms with Gasteiger partial charge in [0.25, 0.3) is 0 Å². The van der Waals surface area contributed by atoms with Crippen molar-refractivity contribution in [1.29, 1.82) is 0 Å². The van der Waals surface area contributed by atoms with Crippen LogP contribution in [0.5, 0.6) is 5.75 Å². The van der Waals surface area contributed by atoms with E-state index in [1.54, 1.807) is 7.11 Å². The second-order valence-electron chi connectivity index (χ2n) is 4.94. The van der Waals surface area contributed by atoms with Crippen LogP contribution in [0.25, 0.3) is 0 Å². The smallest absolute Gasteiger partial charge is 0.122 e. The SMILES string of the molecule is CNC(CC1CCOc2ccccc21)C(C)OC. The third-order valence-electron chi connectivity index (χ3n) is 3.93. The molecule has 1 aromatic rings. The van der Waals surface area contributed by atoms with Crippen molar-refractivity contribution in [3.63, 3.8) is 0 Å². The number of fused-ring (bicyclic) bond motifs is 1. The zero-order valence-corrected chi connectivity index (χ0v) is 11.5. The molecule has 0 bridgehead atoms. The molecule has 0 radical (unpaired) electrons. The van der Waals surface area contributed by atoms with Gasteiger partial charge in [-0.1, -0.05) is 18.2 Å². The van der Waals surface area contributed by atoms with Gasteiger partial charge in [0.2, 0.25) is 0 Å². The lowest BCUT2D eigenvalue weighted by molar-refractivity contribution is 0.0780. The Bertz CT molecular complexity index is 381. The molecule has 3 atom stereocenters. The maximum atomic E-state index is 5.70. The third-order valence-corrected chi connectivity index (χ3v) is 3.93. The summed E-state index contributed by atoms with van der Waals surface area (Å²) in [5.41, 5.74) is 1.34. The molecule has 3 unspecified atom stereocenters. The maximum absolute atomic E-state index is 5.70. The van der Waals surface area contributed by atoms with Crippen molar-refractivity contribution in [3.05, 3.63) is 29.8 Å². The number of para-hydroxylation sites is 1. The molecule has 1 aromatic carbocycles. The Morgan fingerprint density at radius 1 is 1.44 bits per heavy atom. The molecule has 3 nitrogen and oxygen atoms in total. The normalized spacial score (nSPS) is 21.8. The van der Waals surface area contributed by atoms with Crippen LogP contribution in [-0.2, 0) is 4.74 Å². The van der Waals surface area contributed by atoms with Gasteiger partial charge >= 0.3 is 0 Å². The number of ether oxygens (including phenoxy) is 2. The minimum absolute atomic E-state index is 0.227. The number of likely N-dealkylation sites (N-methyl/N-ethyl adjacent to an activating group) is 1. The van der Waals surface area contributed by atoms with Crippen LogP contribution in [0.3, 0.4) is 0 Å². The molecule has 0 amide bonds. The lowest BCUT2D eigenvalue weighted by Gasteiger charge is -2.31. The second-order valence-corrected chi connectivity index (χ2v) is 4.94. The Hall–Kier alpha value is -1.06. The first-order valence-electron chi connectivity index (χ1n) is 6.68. The fourth-order valence-corrected chi connectivity index (χ4v) is 2.68. The summed E-state index contributed by atoms with van der Waals surface area (Å²) in [5.74, 6) is 1.61. The van der Waals surface area contributed by atoms with E-state index in [4.69, 9.17) is 9.47 Å². The number of nitrogens with one attached hydrogen (secondary N) is 1. The van der Waals surface area contributed by atoms with Crippen molar-refractivity contribution in [1.82, 2.24) is 5.32 Å². The molecule has 100 valence electrons. The van der Waals surface area contributed by atoms with Gasteiger partial charge in [-0.2, -0.15) is 0 Å². The lowest BCUT2D eigenvalue weighted by Crippen LogP contribution is -2.38. The summed E-state index contributed by atoms with van der Waals surface area (Å²) in [6, 6.07) is 8.76. The predicted octanol–water partition coefficient (Wildman–Crippen LogP) is 2.57. The van der Waals surface area contributed by atoms with Crippen molar-refractivity contribution in [2.45, 2.75) is 37.8 Å². The van der Waals surface area contributed by atoms with Crippen molar-refractivity contribution < 1.29 is 9.47 Å². The van der Waals surface area contributed by atoms with E-state index in [0.29, 0.717) is 12.0 Å². The lowest BCUT2D eigenvalue weighted by atomic mass is 9.86. The Labute approximate surface area is 109 Å². The van der Waals surface area contributed by atoms with Gasteiger partial charge < -0.3 is 14.8 Å². The van der Waals surface area contributed by atoms with Crippen LogP contribution in [-0.4, -0.2) is 32.9 Å². The van der Waals surface area contributed by atoms with Crippen LogP contribution < -0.4 is 10.1 Å². The topological polar surface area (TPSA) is 30.5 Å². The Balaban J connectivity index is 2.10. The van der Waals surface area contributed by atoms with Gasteiger partial charge in [-0.15, -0.1) is 0 Å². The Morgan fingerprint density at radius 3 is 2.94 bits per heavy atom. The molecule has 2 rings (SSSR count). The van der Waals surface area contributed by atoms with Crippen molar-refractivity contribution in [2.75, 3.05) is 20.8 Å². The minimum Gasteiger partial charge on any atom is -0.493 e. The second kappa shape index (κ2) is 6.21. The first-order valence-corrected chi connectivity index (χ1v) is 6.68. The van der Waals surface area contributed by atoms with Crippen LogP contribution >= 0.6 is 0 Å². The summed E-state index contributed by atoms with van der Waals surface area (Å²) in [6.45, 7) is 2.94. The zero-order chi connectivity index (χ0) is 13.0. The van der Waals surface area contributed by atoms with E-state index in [-0.39, 0.29) is 6.10 Å². The highest BCUT2D eigenvalue weighted by atomic mass is 16.5. The molecular formula is C15H23NO2. The minimum atomic E-state index is 0.227. The van der Waals surface area contributed by atoms with E-state index in [0.717, 1.165) is 25.2 Å². The summed E-state index contributed by atoms with van der Waals surface area (Å²) in [4.78, 5) is 0.